The van der Waals surface area contributed by atoms with Crippen molar-refractivity contribution in [3.05, 3.63) is 0 Å². The van der Waals surface area contributed by atoms with Gasteiger partial charge in [-0.05, 0) is 0 Å². The van der Waals surface area contributed by atoms with Crippen molar-refractivity contribution in [2.45, 2.75) is 0 Å². The van der Waals surface area contributed by atoms with Gasteiger partial charge in [-0.3, -0.25) is 0 Å². The van der Waals surface area contributed by atoms with E-state index >= 15 is 0 Å². The average Bonchev–Trinajstić information content (AvgIpc) is 2.08. The molecule has 0 aromatic carbocycles. The molecule has 4 aliphatic rings. The number of carbonyl (C=O) groups is 2. The van der Waals surface area contributed by atoms with Gasteiger partial charge in [-0.15, -0.1) is 0 Å². The Hall–Kier alpha value is -1.22. The van der Waals surface area contributed by atoms with Gasteiger partial charge in [0.05, 0.1) is 26.4 Å². The Bertz CT molecular complexity index is 303. The molecule has 2 spiro atoms. The third kappa shape index (κ3) is 3.45. The summed E-state index contributed by atoms with van der Waals surface area (Å²) >= 11 is 0. The Kier molecular flexibility index (Phi) is 4.59. The highest BCUT2D eigenvalue weighted by molar-refractivity contribution is 6.27. The number of carboxylic acid groups (broad SMARTS) is 2. The average molecular weight is 288 g/mol. The lowest BCUT2D eigenvalue weighted by Gasteiger charge is -2.48. The van der Waals surface area contributed by atoms with Gasteiger partial charge < -0.3 is 30.3 Å². The molecule has 8 heteroatoms. The standard InChI is InChI=1S/2C5H9NO.C2H2O4/c2*1-5(2-6-1)3-7-4-5;3-1(4)2(5)6/h2*6H,1-4H2;(H,3,4)(H,5,6). The van der Waals surface area contributed by atoms with Crippen LogP contribution in [0.4, 0.5) is 0 Å². The van der Waals surface area contributed by atoms with Gasteiger partial charge in [0.2, 0.25) is 0 Å². The van der Waals surface area contributed by atoms with Crippen LogP contribution in [0, 0.1) is 10.8 Å². The molecule has 114 valence electrons. The van der Waals surface area contributed by atoms with Gasteiger partial charge >= 0.3 is 11.9 Å². The predicted octanol–water partition coefficient (Wildman–Crippen LogP) is -1.63. The summed E-state index contributed by atoms with van der Waals surface area (Å²) in [5.74, 6) is -3.65. The Balaban J connectivity index is 0.000000111. The van der Waals surface area contributed by atoms with Crippen molar-refractivity contribution in [2.24, 2.45) is 10.8 Å². The fourth-order valence-corrected chi connectivity index (χ4v) is 2.15. The van der Waals surface area contributed by atoms with E-state index in [0.717, 1.165) is 26.4 Å². The van der Waals surface area contributed by atoms with Gasteiger partial charge in [-0.25, -0.2) is 9.59 Å². The first-order valence-electron chi connectivity index (χ1n) is 6.50. The van der Waals surface area contributed by atoms with Gasteiger partial charge in [0.15, 0.2) is 0 Å². The number of rotatable bonds is 0. The van der Waals surface area contributed by atoms with Crippen molar-refractivity contribution in [1.29, 1.82) is 0 Å². The molecule has 0 radical (unpaired) electrons. The lowest BCUT2D eigenvalue weighted by molar-refractivity contribution is -0.159. The molecule has 0 amide bonds. The number of hydrogen-bond acceptors (Lipinski definition) is 6. The zero-order valence-corrected chi connectivity index (χ0v) is 11.2. The lowest BCUT2D eigenvalue weighted by Crippen LogP contribution is -2.64. The first-order chi connectivity index (χ1) is 9.47. The van der Waals surface area contributed by atoms with E-state index in [4.69, 9.17) is 29.3 Å². The van der Waals surface area contributed by atoms with Gasteiger partial charge in [0.1, 0.15) is 0 Å². The van der Waals surface area contributed by atoms with Gasteiger partial charge in [-0.2, -0.15) is 0 Å². The SMILES string of the molecule is C1NCC12COC2.C1NCC12COC2.O=C(O)C(=O)O. The molecule has 4 N–H and O–H groups in total. The second kappa shape index (κ2) is 6.04. The lowest BCUT2D eigenvalue weighted by atomic mass is 9.80. The number of hydrogen-bond donors (Lipinski definition) is 4. The van der Waals surface area contributed by atoms with Crippen LogP contribution in [-0.4, -0.2) is 74.8 Å². The van der Waals surface area contributed by atoms with Gasteiger partial charge in [0, 0.05) is 37.0 Å². The minimum atomic E-state index is -1.82. The van der Waals surface area contributed by atoms with E-state index in [1.807, 2.05) is 0 Å². The molecular weight excluding hydrogens is 268 g/mol. The molecule has 8 nitrogen and oxygen atoms in total. The molecule has 4 aliphatic heterocycles. The van der Waals surface area contributed by atoms with E-state index < -0.39 is 11.9 Å². The molecule has 0 aliphatic carbocycles. The fraction of sp³-hybridized carbons (Fsp3) is 0.833. The summed E-state index contributed by atoms with van der Waals surface area (Å²) in [6.45, 7) is 8.75. The maximum Gasteiger partial charge on any atom is 0.414 e. The quantitative estimate of drug-likeness (QED) is 0.392. The van der Waals surface area contributed by atoms with Crippen LogP contribution in [0.1, 0.15) is 0 Å². The highest BCUT2D eigenvalue weighted by Crippen LogP contribution is 2.31. The number of ether oxygens (including phenoxy) is 2. The minimum Gasteiger partial charge on any atom is -0.473 e. The maximum absolute atomic E-state index is 9.10. The van der Waals surface area contributed by atoms with Crippen LogP contribution in [0.5, 0.6) is 0 Å². The van der Waals surface area contributed by atoms with Crippen molar-refractivity contribution in [1.82, 2.24) is 10.6 Å². The summed E-state index contributed by atoms with van der Waals surface area (Å²) in [4.78, 5) is 18.2. The summed E-state index contributed by atoms with van der Waals surface area (Å²) in [6.07, 6.45) is 0. The Morgan fingerprint density at radius 1 is 0.750 bits per heavy atom. The van der Waals surface area contributed by atoms with Crippen LogP contribution < -0.4 is 10.6 Å². The summed E-state index contributed by atoms with van der Waals surface area (Å²) in [6, 6.07) is 0. The smallest absolute Gasteiger partial charge is 0.414 e. The van der Waals surface area contributed by atoms with Crippen LogP contribution in [0.25, 0.3) is 0 Å². The molecule has 20 heavy (non-hydrogen) atoms. The van der Waals surface area contributed by atoms with E-state index in [1.165, 1.54) is 26.2 Å². The molecule has 4 heterocycles. The van der Waals surface area contributed by atoms with Crippen molar-refractivity contribution in [3.63, 3.8) is 0 Å². The van der Waals surface area contributed by atoms with Crippen molar-refractivity contribution in [3.8, 4) is 0 Å². The molecule has 0 atom stereocenters. The first-order valence-corrected chi connectivity index (χ1v) is 6.50. The molecule has 0 aromatic rings. The summed E-state index contributed by atoms with van der Waals surface area (Å²) < 4.78 is 10.1. The normalized spacial score (nSPS) is 26.2. The second-order valence-corrected chi connectivity index (χ2v) is 5.80. The Labute approximate surface area is 116 Å². The van der Waals surface area contributed by atoms with Gasteiger partial charge in [0.25, 0.3) is 0 Å². The van der Waals surface area contributed by atoms with Crippen LogP contribution >= 0.6 is 0 Å². The monoisotopic (exact) mass is 288 g/mol. The zero-order chi connectivity index (χ0) is 14.6. The molecule has 4 fully saturated rings. The number of aliphatic carboxylic acids is 2. The topological polar surface area (TPSA) is 117 Å². The molecule has 4 rings (SSSR count). The molecule has 0 unspecified atom stereocenters. The third-order valence-electron chi connectivity index (χ3n) is 3.82. The summed E-state index contributed by atoms with van der Waals surface area (Å²) in [7, 11) is 0. The van der Waals surface area contributed by atoms with Crippen LogP contribution in [0.15, 0.2) is 0 Å². The van der Waals surface area contributed by atoms with Crippen molar-refractivity contribution in [2.75, 3.05) is 52.6 Å². The van der Waals surface area contributed by atoms with Crippen LogP contribution in [0.2, 0.25) is 0 Å². The highest BCUT2D eigenvalue weighted by atomic mass is 16.5. The maximum atomic E-state index is 9.10. The number of carboxylic acids is 2. The Morgan fingerprint density at radius 2 is 1.05 bits per heavy atom. The minimum absolute atomic E-state index is 0.611. The molecular formula is C12H20N2O6. The molecule has 0 saturated carbocycles. The summed E-state index contributed by atoms with van der Waals surface area (Å²) in [5.41, 5.74) is 1.22. The second-order valence-electron chi connectivity index (χ2n) is 5.80. The van der Waals surface area contributed by atoms with Crippen molar-refractivity contribution >= 4 is 11.9 Å². The largest absolute Gasteiger partial charge is 0.473 e. The predicted molar refractivity (Wildman–Crippen MR) is 67.5 cm³/mol. The highest BCUT2D eigenvalue weighted by Gasteiger charge is 2.44. The van der Waals surface area contributed by atoms with E-state index in [2.05, 4.69) is 10.6 Å². The van der Waals surface area contributed by atoms with Crippen LogP contribution in [-0.2, 0) is 19.1 Å². The number of nitrogens with one attached hydrogen (secondary N) is 2. The fourth-order valence-electron chi connectivity index (χ4n) is 2.15. The summed E-state index contributed by atoms with van der Waals surface area (Å²) in [5, 5.41) is 21.2. The van der Waals surface area contributed by atoms with E-state index in [0.29, 0.717) is 10.8 Å². The Morgan fingerprint density at radius 3 is 1.05 bits per heavy atom. The van der Waals surface area contributed by atoms with Crippen LogP contribution in [0.3, 0.4) is 0 Å². The molecule has 0 bridgehead atoms. The van der Waals surface area contributed by atoms with Crippen molar-refractivity contribution < 1.29 is 29.3 Å². The zero-order valence-electron chi connectivity index (χ0n) is 11.2. The first kappa shape index (κ1) is 15.2. The third-order valence-corrected chi connectivity index (χ3v) is 3.82. The molecule has 0 aromatic heterocycles. The van der Waals surface area contributed by atoms with E-state index in [1.54, 1.807) is 0 Å². The van der Waals surface area contributed by atoms with E-state index in [-0.39, 0.29) is 0 Å². The van der Waals surface area contributed by atoms with Gasteiger partial charge in [-0.1, -0.05) is 0 Å². The molecule has 4 saturated heterocycles. The van der Waals surface area contributed by atoms with E-state index in [9.17, 15) is 0 Å².